The molecule has 1 heterocycles. The van der Waals surface area contributed by atoms with Gasteiger partial charge in [-0.2, -0.15) is 0 Å². The van der Waals surface area contributed by atoms with Crippen LogP contribution in [0.25, 0.3) is 0 Å². The van der Waals surface area contributed by atoms with Crippen molar-refractivity contribution in [3.8, 4) is 0 Å². The molecule has 0 aromatic heterocycles. The number of carboxylic acids is 1. The number of amides is 1. The molecule has 25 heavy (non-hydrogen) atoms. The lowest BCUT2D eigenvalue weighted by atomic mass is 9.69. The topological polar surface area (TPSA) is 101 Å². The van der Waals surface area contributed by atoms with Crippen molar-refractivity contribution in [2.75, 3.05) is 13.1 Å². The highest BCUT2D eigenvalue weighted by Gasteiger charge is 2.38. The maximum Gasteiger partial charge on any atom is 0.335 e. The van der Waals surface area contributed by atoms with E-state index in [1.54, 1.807) is 4.90 Å². The van der Waals surface area contributed by atoms with Gasteiger partial charge in [-0.05, 0) is 37.2 Å². The molecular formula is C18H22N2O5. The Hall–Kier alpha value is -2.44. The Balaban J connectivity index is 1.86. The second-order valence-corrected chi connectivity index (χ2v) is 7.22. The Labute approximate surface area is 145 Å². The largest absolute Gasteiger partial charge is 0.478 e. The monoisotopic (exact) mass is 346 g/mol. The zero-order valence-corrected chi connectivity index (χ0v) is 14.1. The van der Waals surface area contributed by atoms with E-state index < -0.39 is 10.9 Å². The molecule has 2 aliphatic rings. The van der Waals surface area contributed by atoms with Gasteiger partial charge in [0.05, 0.1) is 10.5 Å². The minimum atomic E-state index is -1.28. The summed E-state index contributed by atoms with van der Waals surface area (Å²) in [6, 6.07) is 3.40. The molecule has 0 atom stereocenters. The van der Waals surface area contributed by atoms with Crippen LogP contribution in [-0.2, 0) is 0 Å². The van der Waals surface area contributed by atoms with Crippen molar-refractivity contribution in [2.24, 2.45) is 5.41 Å². The highest BCUT2D eigenvalue weighted by Crippen LogP contribution is 2.43. The second-order valence-electron chi connectivity index (χ2n) is 7.22. The van der Waals surface area contributed by atoms with Crippen molar-refractivity contribution in [2.45, 2.75) is 44.9 Å². The number of carbonyl (C=O) groups is 2. The van der Waals surface area contributed by atoms with Crippen molar-refractivity contribution in [3.63, 3.8) is 0 Å². The number of nitrogens with zero attached hydrogens (tertiary/aromatic N) is 2. The summed E-state index contributed by atoms with van der Waals surface area (Å²) in [5.41, 5.74) is -0.350. The Morgan fingerprint density at radius 2 is 1.68 bits per heavy atom. The SMILES string of the molecule is O=C(O)c1cc(C(=O)N2CCCC3(CCCCC3)C2)cc([N+](=O)[O-])c1. The van der Waals surface area contributed by atoms with Crippen LogP contribution in [0, 0.1) is 15.5 Å². The minimum absolute atomic E-state index is 0.0828. The summed E-state index contributed by atoms with van der Waals surface area (Å²) in [7, 11) is 0. The first-order valence-electron chi connectivity index (χ1n) is 8.72. The van der Waals surface area contributed by atoms with E-state index in [0.717, 1.165) is 31.7 Å². The molecule has 134 valence electrons. The number of nitro benzene ring substituents is 1. The number of carbonyl (C=O) groups excluding carboxylic acids is 1. The summed E-state index contributed by atoms with van der Waals surface area (Å²) in [5, 5.41) is 20.2. The van der Waals surface area contributed by atoms with Gasteiger partial charge in [-0.3, -0.25) is 14.9 Å². The number of carboxylic acid groups (broad SMARTS) is 1. The first-order valence-corrected chi connectivity index (χ1v) is 8.72. The lowest BCUT2D eigenvalue weighted by Crippen LogP contribution is -2.47. The summed E-state index contributed by atoms with van der Waals surface area (Å²) in [6.07, 6.45) is 7.88. The number of non-ortho nitro benzene ring substituents is 1. The van der Waals surface area contributed by atoms with Gasteiger partial charge in [0.1, 0.15) is 0 Å². The highest BCUT2D eigenvalue weighted by molar-refractivity contribution is 5.98. The van der Waals surface area contributed by atoms with Crippen LogP contribution in [0.5, 0.6) is 0 Å². The van der Waals surface area contributed by atoms with Gasteiger partial charge in [0, 0.05) is 30.8 Å². The second kappa shape index (κ2) is 6.82. The third kappa shape index (κ3) is 3.65. The van der Waals surface area contributed by atoms with E-state index in [2.05, 4.69) is 0 Å². The predicted octanol–water partition coefficient (Wildman–Crippen LogP) is 3.48. The Kier molecular flexibility index (Phi) is 4.74. The molecule has 0 radical (unpaired) electrons. The van der Waals surface area contributed by atoms with Gasteiger partial charge in [0.25, 0.3) is 11.6 Å². The van der Waals surface area contributed by atoms with Crippen LogP contribution in [0.2, 0.25) is 0 Å². The molecule has 7 heteroatoms. The zero-order chi connectivity index (χ0) is 18.0. The quantitative estimate of drug-likeness (QED) is 0.667. The average molecular weight is 346 g/mol. The number of likely N-dealkylation sites (tertiary alicyclic amines) is 1. The van der Waals surface area contributed by atoms with Crippen LogP contribution < -0.4 is 0 Å². The van der Waals surface area contributed by atoms with Crippen molar-refractivity contribution >= 4 is 17.6 Å². The number of nitro groups is 1. The molecule has 1 saturated heterocycles. The fourth-order valence-corrected chi connectivity index (χ4v) is 4.24. The molecule has 1 spiro atoms. The predicted molar refractivity (Wildman–Crippen MR) is 90.7 cm³/mol. The molecule has 3 rings (SSSR count). The van der Waals surface area contributed by atoms with Crippen LogP contribution in [0.4, 0.5) is 5.69 Å². The zero-order valence-electron chi connectivity index (χ0n) is 14.1. The van der Waals surface area contributed by atoms with Crippen LogP contribution in [-0.4, -0.2) is 39.9 Å². The Morgan fingerprint density at radius 1 is 1.04 bits per heavy atom. The first-order chi connectivity index (χ1) is 11.9. The van der Waals surface area contributed by atoms with Crippen molar-refractivity contribution in [1.82, 2.24) is 4.90 Å². The van der Waals surface area contributed by atoms with Gasteiger partial charge < -0.3 is 10.0 Å². The lowest BCUT2D eigenvalue weighted by Gasteiger charge is -2.45. The Bertz CT molecular complexity index is 672. The van der Waals surface area contributed by atoms with Gasteiger partial charge in [-0.1, -0.05) is 19.3 Å². The summed E-state index contributed by atoms with van der Waals surface area (Å²) in [6.45, 7) is 1.28. The molecule has 0 bridgehead atoms. The van der Waals surface area contributed by atoms with E-state index in [-0.39, 0.29) is 28.1 Å². The fourth-order valence-electron chi connectivity index (χ4n) is 4.24. The van der Waals surface area contributed by atoms with E-state index in [1.165, 1.54) is 31.4 Å². The molecule has 1 aromatic rings. The van der Waals surface area contributed by atoms with Crippen LogP contribution in [0.1, 0.15) is 65.7 Å². The summed E-state index contributed by atoms with van der Waals surface area (Å²) in [4.78, 5) is 36.2. The van der Waals surface area contributed by atoms with Gasteiger partial charge in [0.15, 0.2) is 0 Å². The maximum atomic E-state index is 12.9. The molecule has 1 aliphatic carbocycles. The van der Waals surface area contributed by atoms with Gasteiger partial charge in [-0.15, -0.1) is 0 Å². The smallest absolute Gasteiger partial charge is 0.335 e. The van der Waals surface area contributed by atoms with E-state index in [9.17, 15) is 19.7 Å². The molecule has 1 aliphatic heterocycles. The first kappa shape index (κ1) is 17.4. The van der Waals surface area contributed by atoms with Crippen molar-refractivity contribution in [3.05, 3.63) is 39.4 Å². The summed E-state index contributed by atoms with van der Waals surface area (Å²) < 4.78 is 0. The van der Waals surface area contributed by atoms with Crippen LogP contribution >= 0.6 is 0 Å². The van der Waals surface area contributed by atoms with Gasteiger partial charge in [0.2, 0.25) is 0 Å². The number of rotatable bonds is 3. The van der Waals surface area contributed by atoms with Gasteiger partial charge in [-0.25, -0.2) is 4.79 Å². The number of hydrogen-bond acceptors (Lipinski definition) is 4. The van der Waals surface area contributed by atoms with Crippen molar-refractivity contribution in [1.29, 1.82) is 0 Å². The van der Waals surface area contributed by atoms with Crippen LogP contribution in [0.15, 0.2) is 18.2 Å². The maximum absolute atomic E-state index is 12.9. The summed E-state index contributed by atoms with van der Waals surface area (Å²) >= 11 is 0. The number of aromatic carboxylic acids is 1. The molecule has 7 nitrogen and oxygen atoms in total. The molecule has 1 saturated carbocycles. The molecule has 0 unspecified atom stereocenters. The molecular weight excluding hydrogens is 324 g/mol. The summed E-state index contributed by atoms with van der Waals surface area (Å²) in [5.74, 6) is -1.59. The standard InChI is InChI=1S/C18H22N2O5/c21-16(13-9-14(17(22)23)11-15(10-13)20(24)25)19-8-4-7-18(12-19)5-2-1-3-6-18/h9-11H,1-8,12H2,(H,22,23). The number of hydrogen-bond donors (Lipinski definition) is 1. The van der Waals surface area contributed by atoms with Gasteiger partial charge >= 0.3 is 5.97 Å². The number of piperidine rings is 1. The molecule has 1 amide bonds. The van der Waals surface area contributed by atoms with Crippen LogP contribution in [0.3, 0.4) is 0 Å². The molecule has 2 fully saturated rings. The normalized spacial score (nSPS) is 19.6. The number of benzene rings is 1. The van der Waals surface area contributed by atoms with Crippen molar-refractivity contribution < 1.29 is 19.6 Å². The minimum Gasteiger partial charge on any atom is -0.478 e. The third-order valence-electron chi connectivity index (χ3n) is 5.49. The van der Waals surface area contributed by atoms with E-state index in [0.29, 0.717) is 13.1 Å². The Morgan fingerprint density at radius 3 is 2.32 bits per heavy atom. The highest BCUT2D eigenvalue weighted by atomic mass is 16.6. The molecule has 1 N–H and O–H groups in total. The van der Waals surface area contributed by atoms with E-state index in [1.807, 2.05) is 0 Å². The van der Waals surface area contributed by atoms with E-state index in [4.69, 9.17) is 5.11 Å². The fraction of sp³-hybridized carbons (Fsp3) is 0.556. The third-order valence-corrected chi connectivity index (χ3v) is 5.49. The van der Waals surface area contributed by atoms with E-state index >= 15 is 0 Å². The average Bonchev–Trinajstić information content (AvgIpc) is 2.61. The molecule has 1 aromatic carbocycles. The lowest BCUT2D eigenvalue weighted by molar-refractivity contribution is -0.384.